The molecule has 0 spiro atoms. The third kappa shape index (κ3) is 3.97. The summed E-state index contributed by atoms with van der Waals surface area (Å²) >= 11 is 0. The van der Waals surface area contributed by atoms with Crippen LogP contribution in [-0.2, 0) is 9.53 Å². The molecule has 6 heteroatoms. The van der Waals surface area contributed by atoms with Gasteiger partial charge in [0.2, 0.25) is 0 Å². The van der Waals surface area contributed by atoms with Gasteiger partial charge in [0.25, 0.3) is 0 Å². The van der Waals surface area contributed by atoms with Crippen LogP contribution in [0.5, 0.6) is 0 Å². The molecule has 0 unspecified atom stereocenters. The smallest absolute Gasteiger partial charge is 0.365 e. The van der Waals surface area contributed by atoms with Gasteiger partial charge in [-0.3, -0.25) is 4.79 Å². The van der Waals surface area contributed by atoms with E-state index in [-0.39, 0.29) is 13.0 Å². The highest BCUT2D eigenvalue weighted by atomic mass is 19.4. The summed E-state index contributed by atoms with van der Waals surface area (Å²) < 4.78 is 40.0. The van der Waals surface area contributed by atoms with Crippen LogP contribution in [0.2, 0.25) is 0 Å². The van der Waals surface area contributed by atoms with Crippen molar-refractivity contribution in [3.8, 4) is 0 Å². The molecule has 0 heterocycles. The minimum absolute atomic E-state index is 0.0610. The molecule has 12 heavy (non-hydrogen) atoms. The first-order chi connectivity index (χ1) is 5.52. The maximum Gasteiger partial charge on any atom is 0.431 e. The average molecular weight is 183 g/mol. The molecule has 0 rings (SSSR count). The van der Waals surface area contributed by atoms with Crippen molar-refractivity contribution in [2.45, 2.75) is 6.18 Å². The summed E-state index contributed by atoms with van der Waals surface area (Å²) in [6.07, 6.45) is -4.08. The third-order valence-electron chi connectivity index (χ3n) is 0.947. The highest BCUT2D eigenvalue weighted by molar-refractivity contribution is 5.66. The standard InChI is InChI=1S/C6H8F3NO2/c1-12-4-10-5(2-3-11)6(7,8)9/h2-3,10H,4H2,1H3. The summed E-state index contributed by atoms with van der Waals surface area (Å²) in [5.74, 6) is 0. The van der Waals surface area contributed by atoms with Crippen LogP contribution in [0.25, 0.3) is 0 Å². The van der Waals surface area contributed by atoms with Gasteiger partial charge in [0.1, 0.15) is 18.7 Å². The van der Waals surface area contributed by atoms with Crippen molar-refractivity contribution in [1.82, 2.24) is 5.32 Å². The summed E-state index contributed by atoms with van der Waals surface area (Å²) in [6, 6.07) is 0. The van der Waals surface area contributed by atoms with E-state index < -0.39 is 11.9 Å². The van der Waals surface area contributed by atoms with Gasteiger partial charge >= 0.3 is 6.18 Å². The molecule has 0 atom stereocenters. The molecule has 0 aromatic carbocycles. The van der Waals surface area contributed by atoms with Crippen LogP contribution in [0.1, 0.15) is 0 Å². The van der Waals surface area contributed by atoms with Crippen LogP contribution in [0.3, 0.4) is 0 Å². The second-order valence-corrected chi connectivity index (χ2v) is 1.82. The first-order valence-electron chi connectivity index (χ1n) is 2.98. The largest absolute Gasteiger partial charge is 0.431 e. The number of carbonyl (C=O) groups excluding carboxylic acids is 1. The maximum atomic E-state index is 11.9. The van der Waals surface area contributed by atoms with E-state index in [1.54, 1.807) is 0 Å². The lowest BCUT2D eigenvalue weighted by molar-refractivity contribution is -0.108. The number of ether oxygens (including phenoxy) is 1. The first kappa shape index (κ1) is 11.0. The molecule has 3 nitrogen and oxygen atoms in total. The van der Waals surface area contributed by atoms with Gasteiger partial charge in [0.15, 0.2) is 0 Å². The van der Waals surface area contributed by atoms with E-state index in [1.165, 1.54) is 7.11 Å². The van der Waals surface area contributed by atoms with Crippen molar-refractivity contribution in [2.75, 3.05) is 13.8 Å². The number of allylic oxidation sites excluding steroid dienone is 2. The fraction of sp³-hybridized carbons (Fsp3) is 0.500. The lowest BCUT2D eigenvalue weighted by Crippen LogP contribution is -2.27. The minimum atomic E-state index is -4.54. The molecular weight excluding hydrogens is 175 g/mol. The molecule has 70 valence electrons. The molecule has 0 aliphatic heterocycles. The fourth-order valence-corrected chi connectivity index (χ4v) is 0.472. The highest BCUT2D eigenvalue weighted by Crippen LogP contribution is 2.22. The number of carbonyl (C=O) groups is 1. The monoisotopic (exact) mass is 183 g/mol. The van der Waals surface area contributed by atoms with E-state index in [4.69, 9.17) is 0 Å². The van der Waals surface area contributed by atoms with E-state index >= 15 is 0 Å². The second-order valence-electron chi connectivity index (χ2n) is 1.82. The van der Waals surface area contributed by atoms with E-state index in [0.717, 1.165) is 0 Å². The Balaban J connectivity index is 4.25. The summed E-state index contributed by atoms with van der Waals surface area (Å²) in [5, 5.41) is 1.89. The molecule has 0 aliphatic rings. The first-order valence-corrected chi connectivity index (χ1v) is 2.98. The quantitative estimate of drug-likeness (QED) is 0.398. The zero-order valence-electron chi connectivity index (χ0n) is 6.31. The Morgan fingerprint density at radius 1 is 1.58 bits per heavy atom. The minimum Gasteiger partial charge on any atom is -0.365 e. The van der Waals surface area contributed by atoms with Gasteiger partial charge < -0.3 is 10.1 Å². The van der Waals surface area contributed by atoms with Gasteiger partial charge in [-0.15, -0.1) is 0 Å². The van der Waals surface area contributed by atoms with E-state index in [9.17, 15) is 18.0 Å². The van der Waals surface area contributed by atoms with E-state index in [1.807, 2.05) is 5.32 Å². The number of aldehydes is 1. The summed E-state index contributed by atoms with van der Waals surface area (Å²) in [7, 11) is 1.24. The number of methoxy groups -OCH3 is 1. The predicted octanol–water partition coefficient (Wildman–Crippen LogP) is 0.825. The zero-order chi connectivity index (χ0) is 9.61. The molecule has 0 aromatic heterocycles. The fourth-order valence-electron chi connectivity index (χ4n) is 0.472. The van der Waals surface area contributed by atoms with Crippen molar-refractivity contribution in [1.29, 1.82) is 0 Å². The van der Waals surface area contributed by atoms with Gasteiger partial charge in [-0.25, -0.2) is 0 Å². The molecule has 0 amide bonds. The van der Waals surface area contributed by atoms with E-state index in [2.05, 4.69) is 4.74 Å². The average Bonchev–Trinajstić information content (AvgIpc) is 1.95. The van der Waals surface area contributed by atoms with Gasteiger partial charge in [-0.1, -0.05) is 0 Å². The molecule has 0 bridgehead atoms. The summed E-state index contributed by atoms with van der Waals surface area (Å²) in [6.45, 7) is -0.292. The van der Waals surface area contributed by atoms with Crippen molar-refractivity contribution in [3.05, 3.63) is 11.8 Å². The zero-order valence-corrected chi connectivity index (χ0v) is 6.31. The molecule has 0 aliphatic carbocycles. The van der Waals surface area contributed by atoms with Gasteiger partial charge in [0.05, 0.1) is 0 Å². The van der Waals surface area contributed by atoms with Crippen LogP contribution < -0.4 is 5.32 Å². The van der Waals surface area contributed by atoms with Crippen molar-refractivity contribution < 1.29 is 22.7 Å². The van der Waals surface area contributed by atoms with E-state index in [0.29, 0.717) is 6.08 Å². The van der Waals surface area contributed by atoms with Crippen LogP contribution in [-0.4, -0.2) is 26.3 Å². The Hall–Kier alpha value is -1.04. The lowest BCUT2D eigenvalue weighted by Gasteiger charge is -2.11. The molecular formula is C6H8F3NO2. The number of hydrogen-bond donors (Lipinski definition) is 1. The third-order valence-corrected chi connectivity index (χ3v) is 0.947. The van der Waals surface area contributed by atoms with Crippen LogP contribution in [0.4, 0.5) is 13.2 Å². The van der Waals surface area contributed by atoms with Crippen LogP contribution in [0.15, 0.2) is 11.8 Å². The molecule has 0 aromatic rings. The second kappa shape index (κ2) is 4.76. The number of halogens is 3. The molecule has 1 N–H and O–H groups in total. The van der Waals surface area contributed by atoms with Crippen molar-refractivity contribution in [2.24, 2.45) is 0 Å². The Bertz CT molecular complexity index is 176. The summed E-state index contributed by atoms with van der Waals surface area (Å²) in [4.78, 5) is 9.77. The Morgan fingerprint density at radius 2 is 2.17 bits per heavy atom. The molecule has 0 saturated heterocycles. The van der Waals surface area contributed by atoms with Gasteiger partial charge in [-0.05, 0) is 0 Å². The molecule has 0 radical (unpaired) electrons. The Morgan fingerprint density at radius 3 is 2.50 bits per heavy atom. The van der Waals surface area contributed by atoms with Crippen molar-refractivity contribution >= 4 is 6.29 Å². The molecule has 0 saturated carbocycles. The Kier molecular flexibility index (Phi) is 4.35. The normalized spacial score (nSPS) is 12.8. The Labute approximate surface area is 67.2 Å². The highest BCUT2D eigenvalue weighted by Gasteiger charge is 2.33. The number of rotatable bonds is 4. The summed E-state index contributed by atoms with van der Waals surface area (Å²) in [5.41, 5.74) is -1.11. The lowest BCUT2D eigenvalue weighted by atomic mass is 10.4. The van der Waals surface area contributed by atoms with Crippen LogP contribution >= 0.6 is 0 Å². The van der Waals surface area contributed by atoms with Gasteiger partial charge in [-0.2, -0.15) is 13.2 Å². The number of hydrogen-bond acceptors (Lipinski definition) is 3. The topological polar surface area (TPSA) is 38.3 Å². The SMILES string of the molecule is COCNC(=CC=O)C(F)(F)F. The maximum absolute atomic E-state index is 11.9. The number of nitrogens with one attached hydrogen (secondary N) is 1. The predicted molar refractivity (Wildman–Crippen MR) is 35.2 cm³/mol. The van der Waals surface area contributed by atoms with Gasteiger partial charge in [0, 0.05) is 13.2 Å². The molecule has 0 fully saturated rings. The number of alkyl halides is 3. The van der Waals surface area contributed by atoms with Crippen LogP contribution in [0, 0.1) is 0 Å². The van der Waals surface area contributed by atoms with Crippen molar-refractivity contribution in [3.63, 3.8) is 0 Å².